The minimum Gasteiger partial charge on any atom is -0.480 e. The van der Waals surface area contributed by atoms with Gasteiger partial charge >= 0.3 is 6.18 Å². The molecule has 0 atom stereocenters. The van der Waals surface area contributed by atoms with Crippen molar-refractivity contribution in [1.82, 2.24) is 24.8 Å². The number of pyridine rings is 2. The lowest BCUT2D eigenvalue weighted by Gasteiger charge is -2.23. The summed E-state index contributed by atoms with van der Waals surface area (Å²) in [6.45, 7) is 7.77. The maximum absolute atomic E-state index is 12.9. The number of nitrogens with one attached hydrogen (secondary N) is 1. The Morgan fingerprint density at radius 3 is 2.24 bits per heavy atom. The molecule has 1 aliphatic rings. The van der Waals surface area contributed by atoms with E-state index in [1.54, 1.807) is 17.7 Å². The number of halogens is 3. The molecule has 0 fully saturated rings. The van der Waals surface area contributed by atoms with Crippen LogP contribution in [0.5, 0.6) is 5.75 Å². The number of hydrogen-bond donors (Lipinski definition) is 2. The molecule has 0 unspecified atom stereocenters. The lowest BCUT2D eigenvalue weighted by molar-refractivity contribution is -0.141. The molecule has 0 bridgehead atoms. The summed E-state index contributed by atoms with van der Waals surface area (Å²) in [5.74, 6) is 0.736. The number of ether oxygens (including phenoxy) is 1. The van der Waals surface area contributed by atoms with E-state index in [1.165, 1.54) is 6.20 Å². The number of aryl methyl sites for hydroxylation is 1. The van der Waals surface area contributed by atoms with E-state index in [0.29, 0.717) is 39.7 Å². The minimum absolute atomic E-state index is 0. The Labute approximate surface area is 201 Å². The van der Waals surface area contributed by atoms with E-state index in [4.69, 9.17) is 4.74 Å². The van der Waals surface area contributed by atoms with Gasteiger partial charge in [0.25, 0.3) is 0 Å². The molecule has 1 aliphatic heterocycles. The molecular formula is C22H32F3N5O3S. The average molecular weight is 504 g/mol. The molecule has 0 saturated heterocycles. The average Bonchev–Trinajstić information content (AvgIpc) is 3.54. The van der Waals surface area contributed by atoms with Crippen LogP contribution in [-0.4, -0.2) is 35.1 Å². The van der Waals surface area contributed by atoms with Gasteiger partial charge in [0.05, 0.1) is 34.0 Å². The summed E-state index contributed by atoms with van der Waals surface area (Å²) in [7, 11) is 1.64. The Morgan fingerprint density at radius 1 is 1.09 bits per heavy atom. The van der Waals surface area contributed by atoms with Gasteiger partial charge in [-0.2, -0.15) is 13.2 Å². The van der Waals surface area contributed by atoms with Gasteiger partial charge in [-0.05, 0) is 26.0 Å². The first-order valence-corrected chi connectivity index (χ1v) is 10.2. The highest BCUT2D eigenvalue weighted by molar-refractivity contribution is 7.93. The Balaban J connectivity index is 0.00000212. The molecule has 4 heterocycles. The minimum atomic E-state index is -4.56. The summed E-state index contributed by atoms with van der Waals surface area (Å²) in [5.41, 5.74) is 0.193. The summed E-state index contributed by atoms with van der Waals surface area (Å²) in [5, 5.41) is 2.99. The normalized spacial score (nSPS) is 12.1. The fourth-order valence-corrected chi connectivity index (χ4v) is 3.31. The van der Waals surface area contributed by atoms with Crippen molar-refractivity contribution in [3.63, 3.8) is 0 Å². The number of nitrogens with zero attached hydrogens (tertiary/aromatic N) is 4. The largest absolute Gasteiger partial charge is 0.480 e. The van der Waals surface area contributed by atoms with Gasteiger partial charge in [0.2, 0.25) is 0 Å². The summed E-state index contributed by atoms with van der Waals surface area (Å²) in [6, 6.07) is 2.50. The van der Waals surface area contributed by atoms with Crippen molar-refractivity contribution in [2.75, 3.05) is 0 Å². The Bertz CT molecular complexity index is 1150. The third kappa shape index (κ3) is 6.19. The van der Waals surface area contributed by atoms with Gasteiger partial charge in [-0.25, -0.2) is 15.0 Å². The Morgan fingerprint density at radius 2 is 1.71 bits per heavy atom. The number of aromatic nitrogens is 4. The van der Waals surface area contributed by atoms with Crippen LogP contribution < -0.4 is 10.1 Å². The van der Waals surface area contributed by atoms with Crippen LogP contribution >= 0.6 is 12.0 Å². The summed E-state index contributed by atoms with van der Waals surface area (Å²) in [6.07, 6.45) is -0.130. The van der Waals surface area contributed by atoms with Crippen molar-refractivity contribution in [2.24, 2.45) is 7.05 Å². The fourth-order valence-electron chi connectivity index (χ4n) is 2.91. The van der Waals surface area contributed by atoms with Crippen LogP contribution in [0.3, 0.4) is 0 Å². The van der Waals surface area contributed by atoms with E-state index in [9.17, 15) is 17.7 Å². The van der Waals surface area contributed by atoms with Gasteiger partial charge in [0, 0.05) is 25.3 Å². The molecule has 3 aromatic rings. The summed E-state index contributed by atoms with van der Waals surface area (Å²) >= 11 is 0.459. The van der Waals surface area contributed by atoms with Crippen LogP contribution in [0.4, 0.5) is 13.2 Å². The third-order valence-corrected chi connectivity index (χ3v) is 5.01. The Kier molecular flexibility index (Phi) is 10.6. The second kappa shape index (κ2) is 11.5. The number of hydrogen-bond acceptors (Lipinski definition) is 7. The first kappa shape index (κ1) is 31.2. The van der Waals surface area contributed by atoms with E-state index < -0.39 is 17.5 Å². The number of rotatable bonds is 5. The van der Waals surface area contributed by atoms with Crippen LogP contribution in [0.2, 0.25) is 0 Å². The summed E-state index contributed by atoms with van der Waals surface area (Å²) in [4.78, 5) is 12.5. The standard InChI is InChI=1S/C18H16F3N5O2S.C2H6.2CH4.H2O/c1-17(2,14-8-23-14)28-9-4-12(29-27)15(24-6-9)16-25-10-5-13(18(19,20)21)22-7-11(10)26(16)3;1-2;;;/h4-8,23,27H,1-3H3;1-2H3;2*1H4;1H2. The van der Waals surface area contributed by atoms with E-state index in [0.717, 1.165) is 18.0 Å². The maximum atomic E-state index is 12.9. The zero-order valence-corrected chi connectivity index (χ0v) is 18.9. The van der Waals surface area contributed by atoms with Crippen molar-refractivity contribution in [2.45, 2.75) is 59.2 Å². The molecule has 34 heavy (non-hydrogen) atoms. The van der Waals surface area contributed by atoms with Crippen molar-refractivity contribution < 1.29 is 27.9 Å². The number of fused-ring (bicyclic) bond motifs is 1. The van der Waals surface area contributed by atoms with Gasteiger partial charge in [-0.3, -0.25) is 0 Å². The molecular weight excluding hydrogens is 471 g/mol. The second-order valence-corrected chi connectivity index (χ2v) is 7.60. The van der Waals surface area contributed by atoms with Crippen LogP contribution in [0.15, 0.2) is 41.3 Å². The predicted octanol–water partition coefficient (Wildman–Crippen LogP) is 5.69. The van der Waals surface area contributed by atoms with E-state index in [1.807, 2.05) is 33.9 Å². The molecule has 4 N–H and O–H groups in total. The second-order valence-electron chi connectivity index (χ2n) is 6.97. The van der Waals surface area contributed by atoms with Crippen molar-refractivity contribution in [1.29, 1.82) is 0 Å². The van der Waals surface area contributed by atoms with Gasteiger partial charge in [-0.15, -0.1) is 0 Å². The Hall–Kier alpha value is -2.83. The third-order valence-electron chi connectivity index (χ3n) is 4.51. The first-order valence-electron chi connectivity index (χ1n) is 9.48. The zero-order valence-electron chi connectivity index (χ0n) is 18.1. The molecule has 3 aromatic heterocycles. The first-order chi connectivity index (χ1) is 14.6. The highest BCUT2D eigenvalue weighted by Gasteiger charge is 2.33. The summed E-state index contributed by atoms with van der Waals surface area (Å²) < 4.78 is 56.1. The van der Waals surface area contributed by atoms with E-state index in [-0.39, 0.29) is 25.8 Å². The topological polar surface area (TPSA) is 126 Å². The molecule has 190 valence electrons. The molecule has 0 saturated carbocycles. The van der Waals surface area contributed by atoms with Crippen LogP contribution in [-0.2, 0) is 13.2 Å². The zero-order chi connectivity index (χ0) is 23.0. The van der Waals surface area contributed by atoms with Gasteiger partial charge in [0.1, 0.15) is 22.7 Å². The predicted molar refractivity (Wildman–Crippen MR) is 130 cm³/mol. The molecule has 0 aliphatic carbocycles. The molecule has 8 nitrogen and oxygen atoms in total. The number of imidazole rings is 1. The molecule has 12 heteroatoms. The number of alkyl halides is 3. The lowest BCUT2D eigenvalue weighted by atomic mass is 10.1. The van der Waals surface area contributed by atoms with Crippen LogP contribution in [0, 0.1) is 0 Å². The lowest BCUT2D eigenvalue weighted by Crippen LogP contribution is -2.29. The molecule has 0 radical (unpaired) electrons. The van der Waals surface area contributed by atoms with Gasteiger partial charge < -0.3 is 24.6 Å². The van der Waals surface area contributed by atoms with E-state index in [2.05, 4.69) is 20.3 Å². The highest BCUT2D eigenvalue weighted by atomic mass is 32.2. The van der Waals surface area contributed by atoms with Crippen LogP contribution in [0.1, 0.15) is 48.2 Å². The fraction of sp³-hybridized carbons (Fsp3) is 0.409. The van der Waals surface area contributed by atoms with Gasteiger partial charge in [-0.1, -0.05) is 28.7 Å². The highest BCUT2D eigenvalue weighted by Crippen LogP contribution is 2.35. The molecule has 4 rings (SSSR count). The van der Waals surface area contributed by atoms with Crippen LogP contribution in [0.25, 0.3) is 22.6 Å². The van der Waals surface area contributed by atoms with Crippen molar-refractivity contribution in [3.8, 4) is 17.3 Å². The quantitative estimate of drug-likeness (QED) is 0.428. The molecule has 0 amide bonds. The molecule has 0 aromatic carbocycles. The van der Waals surface area contributed by atoms with Crippen molar-refractivity contribution in [3.05, 3.63) is 42.1 Å². The monoisotopic (exact) mass is 503 g/mol. The SMILES string of the molecule is C.C.CC.Cn1c(-c2ncc(OC(C)(C)C3=CN3)cc2SO)nc2cc(C(F)(F)F)ncc21.O. The maximum Gasteiger partial charge on any atom is 0.433 e. The smallest absolute Gasteiger partial charge is 0.433 e. The van der Waals surface area contributed by atoms with E-state index >= 15 is 0 Å². The van der Waals surface area contributed by atoms with Crippen molar-refractivity contribution >= 4 is 23.1 Å². The van der Waals surface area contributed by atoms with Gasteiger partial charge in [0.15, 0.2) is 5.82 Å². The molecule has 0 spiro atoms.